The van der Waals surface area contributed by atoms with E-state index in [-0.39, 0.29) is 10.8 Å². The van der Waals surface area contributed by atoms with E-state index in [0.717, 1.165) is 19.3 Å². The fraction of sp³-hybridized carbons (Fsp3) is 0.263. The van der Waals surface area contributed by atoms with Crippen LogP contribution in [0.4, 0.5) is 5.13 Å². The van der Waals surface area contributed by atoms with E-state index in [1.807, 2.05) is 0 Å². The van der Waals surface area contributed by atoms with Crippen LogP contribution in [-0.2, 0) is 10.0 Å². The monoisotopic (exact) mass is 435 g/mol. The van der Waals surface area contributed by atoms with Crippen molar-refractivity contribution in [3.05, 3.63) is 53.1 Å². The lowest BCUT2D eigenvalue weighted by Gasteiger charge is -2.25. The molecule has 3 aromatic rings. The molecule has 1 aromatic heterocycles. The molecular formula is C19H18ClN3O3S2. The summed E-state index contributed by atoms with van der Waals surface area (Å²) in [5.41, 5.74) is 1.07. The van der Waals surface area contributed by atoms with Crippen molar-refractivity contribution in [3.63, 3.8) is 0 Å². The van der Waals surface area contributed by atoms with Crippen molar-refractivity contribution >= 4 is 54.2 Å². The molecule has 0 saturated carbocycles. The van der Waals surface area contributed by atoms with Gasteiger partial charge in [0.05, 0.1) is 15.1 Å². The van der Waals surface area contributed by atoms with Gasteiger partial charge in [0.1, 0.15) is 0 Å². The number of thiazole rings is 1. The summed E-state index contributed by atoms with van der Waals surface area (Å²) in [7, 11) is -3.50. The number of hydrogen-bond donors (Lipinski definition) is 1. The molecule has 0 bridgehead atoms. The maximum Gasteiger partial charge on any atom is 0.257 e. The van der Waals surface area contributed by atoms with Crippen LogP contribution in [0.5, 0.6) is 0 Å². The maximum atomic E-state index is 12.9. The van der Waals surface area contributed by atoms with Crippen LogP contribution < -0.4 is 5.32 Å². The average Bonchev–Trinajstić information content (AvgIpc) is 3.10. The van der Waals surface area contributed by atoms with Crippen molar-refractivity contribution in [1.82, 2.24) is 9.29 Å². The summed E-state index contributed by atoms with van der Waals surface area (Å²) in [6.45, 7) is 1.12. The molecule has 4 rings (SSSR count). The topological polar surface area (TPSA) is 79.4 Å². The summed E-state index contributed by atoms with van der Waals surface area (Å²) in [5, 5.41) is 3.63. The lowest BCUT2D eigenvalue weighted by atomic mass is 10.2. The molecule has 1 fully saturated rings. The molecule has 28 heavy (non-hydrogen) atoms. The van der Waals surface area contributed by atoms with E-state index in [4.69, 9.17) is 11.6 Å². The molecule has 0 unspecified atom stereocenters. The summed E-state index contributed by atoms with van der Waals surface area (Å²) < 4.78 is 28.0. The van der Waals surface area contributed by atoms with Gasteiger partial charge in [0.25, 0.3) is 5.91 Å². The van der Waals surface area contributed by atoms with E-state index in [2.05, 4.69) is 10.3 Å². The van der Waals surface area contributed by atoms with Crippen LogP contribution in [0.2, 0.25) is 5.02 Å². The fourth-order valence-corrected chi connectivity index (χ4v) is 5.88. The van der Waals surface area contributed by atoms with Crippen molar-refractivity contribution in [2.75, 3.05) is 18.4 Å². The lowest BCUT2D eigenvalue weighted by molar-refractivity contribution is 0.102. The third kappa shape index (κ3) is 3.91. The van der Waals surface area contributed by atoms with Crippen LogP contribution in [-0.4, -0.2) is 36.7 Å². The second-order valence-corrected chi connectivity index (χ2v) is 9.98. The smallest absolute Gasteiger partial charge is 0.257 e. The molecule has 0 aliphatic carbocycles. The highest BCUT2D eigenvalue weighted by Gasteiger charge is 2.26. The standard InChI is InChI=1S/C19H18ClN3O3S2/c20-14-6-4-5-13(11-14)18(24)22-19-21-16-8-7-15(12-17(16)27-19)28(25,26)23-9-2-1-3-10-23/h4-8,11-12H,1-3,9-10H2,(H,21,22,24). The Morgan fingerprint density at radius 3 is 2.64 bits per heavy atom. The molecule has 2 aromatic carbocycles. The van der Waals surface area contributed by atoms with Crippen LogP contribution in [0.25, 0.3) is 10.2 Å². The second kappa shape index (κ2) is 7.79. The number of piperidine rings is 1. The zero-order valence-electron chi connectivity index (χ0n) is 14.9. The van der Waals surface area contributed by atoms with Gasteiger partial charge in [0.2, 0.25) is 10.0 Å². The van der Waals surface area contributed by atoms with Crippen molar-refractivity contribution in [2.24, 2.45) is 0 Å². The predicted molar refractivity (Wildman–Crippen MR) is 112 cm³/mol. The molecule has 2 heterocycles. The Bertz CT molecular complexity index is 1140. The molecule has 0 radical (unpaired) electrons. The molecular weight excluding hydrogens is 418 g/mol. The summed E-state index contributed by atoms with van der Waals surface area (Å²) >= 11 is 7.17. The van der Waals surface area contributed by atoms with Crippen LogP contribution in [0.1, 0.15) is 29.6 Å². The first-order valence-electron chi connectivity index (χ1n) is 8.91. The van der Waals surface area contributed by atoms with E-state index in [9.17, 15) is 13.2 Å². The van der Waals surface area contributed by atoms with E-state index in [1.165, 1.54) is 11.3 Å². The Hall–Kier alpha value is -2.00. The lowest BCUT2D eigenvalue weighted by Crippen LogP contribution is -2.35. The van der Waals surface area contributed by atoms with Gasteiger partial charge in [-0.1, -0.05) is 35.4 Å². The highest BCUT2D eigenvalue weighted by Crippen LogP contribution is 2.30. The van der Waals surface area contributed by atoms with E-state index in [0.29, 0.717) is 39.0 Å². The third-order valence-electron chi connectivity index (χ3n) is 4.62. The second-order valence-electron chi connectivity index (χ2n) is 6.58. The van der Waals surface area contributed by atoms with Crippen LogP contribution in [0, 0.1) is 0 Å². The molecule has 1 saturated heterocycles. The molecule has 146 valence electrons. The number of benzene rings is 2. The third-order valence-corrected chi connectivity index (χ3v) is 7.68. The van der Waals surface area contributed by atoms with Gasteiger partial charge in [-0.05, 0) is 49.2 Å². The van der Waals surface area contributed by atoms with E-state index in [1.54, 1.807) is 46.8 Å². The molecule has 1 N–H and O–H groups in total. The number of rotatable bonds is 4. The number of anilines is 1. The number of fused-ring (bicyclic) bond motifs is 1. The van der Waals surface area contributed by atoms with Gasteiger partial charge in [0, 0.05) is 23.7 Å². The number of amides is 1. The van der Waals surface area contributed by atoms with Gasteiger partial charge in [-0.25, -0.2) is 13.4 Å². The van der Waals surface area contributed by atoms with Gasteiger partial charge in [0.15, 0.2) is 5.13 Å². The fourth-order valence-electron chi connectivity index (χ4n) is 3.17. The first-order valence-corrected chi connectivity index (χ1v) is 11.5. The van der Waals surface area contributed by atoms with E-state index >= 15 is 0 Å². The number of halogens is 1. The van der Waals surface area contributed by atoms with Gasteiger partial charge in [-0.2, -0.15) is 4.31 Å². The molecule has 1 amide bonds. The van der Waals surface area contributed by atoms with Crippen LogP contribution >= 0.6 is 22.9 Å². The first kappa shape index (κ1) is 19.3. The minimum absolute atomic E-state index is 0.262. The van der Waals surface area contributed by atoms with Crippen LogP contribution in [0.15, 0.2) is 47.4 Å². The Morgan fingerprint density at radius 1 is 1.11 bits per heavy atom. The van der Waals surface area contributed by atoms with Gasteiger partial charge < -0.3 is 0 Å². The summed E-state index contributed by atoms with van der Waals surface area (Å²) in [6.07, 6.45) is 2.85. The average molecular weight is 436 g/mol. The Balaban J connectivity index is 1.59. The molecule has 0 atom stereocenters. The van der Waals surface area contributed by atoms with Gasteiger partial charge in [-0.15, -0.1) is 0 Å². The van der Waals surface area contributed by atoms with Crippen molar-refractivity contribution in [3.8, 4) is 0 Å². The van der Waals surface area contributed by atoms with Crippen molar-refractivity contribution < 1.29 is 13.2 Å². The SMILES string of the molecule is O=C(Nc1nc2ccc(S(=O)(=O)N3CCCCC3)cc2s1)c1cccc(Cl)c1. The van der Waals surface area contributed by atoms with Crippen molar-refractivity contribution in [1.29, 1.82) is 0 Å². The number of nitrogens with one attached hydrogen (secondary N) is 1. The normalized spacial score (nSPS) is 15.6. The number of sulfonamides is 1. The minimum atomic E-state index is -3.50. The summed E-state index contributed by atoms with van der Waals surface area (Å²) in [6, 6.07) is 11.5. The number of aromatic nitrogens is 1. The molecule has 9 heteroatoms. The zero-order valence-corrected chi connectivity index (χ0v) is 17.3. The highest BCUT2D eigenvalue weighted by molar-refractivity contribution is 7.89. The number of nitrogens with zero attached hydrogens (tertiary/aromatic N) is 2. The zero-order chi connectivity index (χ0) is 19.7. The van der Waals surface area contributed by atoms with Crippen molar-refractivity contribution in [2.45, 2.75) is 24.2 Å². The van der Waals surface area contributed by atoms with Gasteiger partial charge in [-0.3, -0.25) is 10.1 Å². The number of carbonyl (C=O) groups is 1. The molecule has 0 spiro atoms. The van der Waals surface area contributed by atoms with Gasteiger partial charge >= 0.3 is 0 Å². The number of hydrogen-bond acceptors (Lipinski definition) is 5. The van der Waals surface area contributed by atoms with Crippen LogP contribution in [0.3, 0.4) is 0 Å². The number of carbonyl (C=O) groups excluding carboxylic acids is 1. The summed E-state index contributed by atoms with van der Waals surface area (Å²) in [4.78, 5) is 17.0. The molecule has 1 aliphatic rings. The maximum absolute atomic E-state index is 12.9. The largest absolute Gasteiger partial charge is 0.298 e. The summed E-state index contributed by atoms with van der Waals surface area (Å²) in [5.74, 6) is -0.317. The predicted octanol–water partition coefficient (Wildman–Crippen LogP) is 4.38. The highest BCUT2D eigenvalue weighted by atomic mass is 35.5. The Morgan fingerprint density at radius 2 is 1.89 bits per heavy atom. The molecule has 1 aliphatic heterocycles. The van der Waals surface area contributed by atoms with E-state index < -0.39 is 10.0 Å². The Labute approximate surface area is 172 Å². The Kier molecular flexibility index (Phi) is 5.37. The molecule has 6 nitrogen and oxygen atoms in total. The minimum Gasteiger partial charge on any atom is -0.298 e. The first-order chi connectivity index (χ1) is 13.4. The quantitative estimate of drug-likeness (QED) is 0.659.